The van der Waals surface area contributed by atoms with Crippen LogP contribution < -0.4 is 5.32 Å². The van der Waals surface area contributed by atoms with Crippen molar-refractivity contribution >= 4 is 18.0 Å². The third kappa shape index (κ3) is 4.08. The van der Waals surface area contributed by atoms with Crippen LogP contribution in [-0.2, 0) is 14.3 Å². The molecule has 2 aromatic carbocycles. The molecular formula is C26H28N2O5. The normalized spacial score (nSPS) is 24.8. The van der Waals surface area contributed by atoms with Gasteiger partial charge in [0.2, 0.25) is 5.91 Å². The van der Waals surface area contributed by atoms with Gasteiger partial charge >= 0.3 is 12.1 Å². The van der Waals surface area contributed by atoms with E-state index in [-0.39, 0.29) is 42.2 Å². The summed E-state index contributed by atoms with van der Waals surface area (Å²) >= 11 is 0. The maximum Gasteiger partial charge on any atom is 0.407 e. The van der Waals surface area contributed by atoms with Crippen LogP contribution in [0.3, 0.4) is 0 Å². The first-order valence-corrected chi connectivity index (χ1v) is 11.5. The summed E-state index contributed by atoms with van der Waals surface area (Å²) < 4.78 is 5.56. The number of carbonyl (C=O) groups excluding carboxylic acids is 2. The van der Waals surface area contributed by atoms with E-state index in [9.17, 15) is 14.4 Å². The van der Waals surface area contributed by atoms with Gasteiger partial charge in [-0.25, -0.2) is 4.79 Å². The summed E-state index contributed by atoms with van der Waals surface area (Å²) in [6.45, 7) is 0.672. The smallest absolute Gasteiger partial charge is 0.407 e. The summed E-state index contributed by atoms with van der Waals surface area (Å²) in [6.07, 6.45) is 1.31. The third-order valence-electron chi connectivity index (χ3n) is 7.45. The van der Waals surface area contributed by atoms with E-state index in [4.69, 9.17) is 9.84 Å². The quantitative estimate of drug-likeness (QED) is 0.676. The summed E-state index contributed by atoms with van der Waals surface area (Å²) in [4.78, 5) is 37.6. The number of nitrogens with zero attached hydrogens (tertiary/aromatic N) is 1. The Morgan fingerprint density at radius 1 is 1.00 bits per heavy atom. The van der Waals surface area contributed by atoms with Crippen molar-refractivity contribution in [2.45, 2.75) is 31.2 Å². The second kappa shape index (κ2) is 8.54. The zero-order valence-electron chi connectivity index (χ0n) is 18.6. The number of carbonyl (C=O) groups is 3. The zero-order chi connectivity index (χ0) is 23.1. The summed E-state index contributed by atoms with van der Waals surface area (Å²) in [6, 6.07) is 16.4. The average molecular weight is 449 g/mol. The topological polar surface area (TPSA) is 95.9 Å². The first-order valence-electron chi connectivity index (χ1n) is 11.5. The third-order valence-corrected chi connectivity index (χ3v) is 7.45. The van der Waals surface area contributed by atoms with Crippen molar-refractivity contribution in [3.63, 3.8) is 0 Å². The van der Waals surface area contributed by atoms with Gasteiger partial charge in [0.15, 0.2) is 0 Å². The SMILES string of the molecule is CN(C(=O)C1CC1CNC(=O)OCC1c2ccccc2-c2ccccc21)C1CC(C(=O)O)C1. The van der Waals surface area contributed by atoms with Gasteiger partial charge in [0.25, 0.3) is 0 Å². The van der Waals surface area contributed by atoms with Crippen molar-refractivity contribution in [2.24, 2.45) is 17.8 Å². The molecule has 0 aliphatic heterocycles. The van der Waals surface area contributed by atoms with E-state index >= 15 is 0 Å². The molecule has 0 radical (unpaired) electrons. The molecule has 2 saturated carbocycles. The minimum Gasteiger partial charge on any atom is -0.481 e. The van der Waals surface area contributed by atoms with Crippen LogP contribution in [0.5, 0.6) is 0 Å². The van der Waals surface area contributed by atoms with Crippen molar-refractivity contribution in [1.29, 1.82) is 0 Å². The second-order valence-electron chi connectivity index (χ2n) is 9.42. The van der Waals surface area contributed by atoms with E-state index in [0.717, 1.165) is 6.42 Å². The molecule has 7 nitrogen and oxygen atoms in total. The fourth-order valence-corrected chi connectivity index (χ4v) is 5.19. The van der Waals surface area contributed by atoms with Crippen molar-refractivity contribution in [2.75, 3.05) is 20.2 Å². The van der Waals surface area contributed by atoms with E-state index in [0.29, 0.717) is 19.4 Å². The zero-order valence-corrected chi connectivity index (χ0v) is 18.6. The summed E-state index contributed by atoms with van der Waals surface area (Å²) in [7, 11) is 1.75. The average Bonchev–Trinajstić information content (AvgIpc) is 3.49. The number of rotatable bonds is 7. The molecule has 0 heterocycles. The number of fused-ring (bicyclic) bond motifs is 3. The second-order valence-corrected chi connectivity index (χ2v) is 9.42. The van der Waals surface area contributed by atoms with Crippen LogP contribution in [0, 0.1) is 17.8 Å². The van der Waals surface area contributed by atoms with Gasteiger partial charge in [-0.05, 0) is 47.4 Å². The predicted molar refractivity (Wildman–Crippen MR) is 122 cm³/mol. The lowest BCUT2D eigenvalue weighted by Gasteiger charge is -2.39. The molecule has 2 fully saturated rings. The van der Waals surface area contributed by atoms with E-state index in [1.807, 2.05) is 24.3 Å². The van der Waals surface area contributed by atoms with Gasteiger partial charge in [-0.1, -0.05) is 48.5 Å². The number of hydrogen-bond donors (Lipinski definition) is 2. The van der Waals surface area contributed by atoms with Gasteiger partial charge in [0.1, 0.15) is 6.61 Å². The minimum absolute atomic E-state index is 0.00920. The molecule has 7 heteroatoms. The largest absolute Gasteiger partial charge is 0.481 e. The summed E-state index contributed by atoms with van der Waals surface area (Å²) in [5, 5.41) is 11.8. The lowest BCUT2D eigenvalue weighted by molar-refractivity contribution is -0.150. The summed E-state index contributed by atoms with van der Waals surface area (Å²) in [5.41, 5.74) is 4.71. The van der Waals surface area contributed by atoms with Crippen LogP contribution in [0.4, 0.5) is 4.79 Å². The molecule has 2 N–H and O–H groups in total. The van der Waals surface area contributed by atoms with Crippen LogP contribution in [0.1, 0.15) is 36.3 Å². The number of nitrogens with one attached hydrogen (secondary N) is 1. The molecule has 0 aromatic heterocycles. The van der Waals surface area contributed by atoms with Gasteiger partial charge < -0.3 is 20.1 Å². The molecule has 0 bridgehead atoms. The Morgan fingerprint density at radius 3 is 2.21 bits per heavy atom. The predicted octanol–water partition coefficient (Wildman–Crippen LogP) is 3.48. The summed E-state index contributed by atoms with van der Waals surface area (Å²) in [5.74, 6) is -1.06. The Kier molecular flexibility index (Phi) is 5.56. The molecule has 0 spiro atoms. The molecule has 172 valence electrons. The highest BCUT2D eigenvalue weighted by Crippen LogP contribution is 2.45. The Labute approximate surface area is 192 Å². The number of hydrogen-bond acceptors (Lipinski definition) is 4. The highest BCUT2D eigenvalue weighted by atomic mass is 16.5. The van der Waals surface area contributed by atoms with Crippen molar-refractivity contribution in [3.05, 3.63) is 59.7 Å². The van der Waals surface area contributed by atoms with Crippen molar-refractivity contribution in [3.8, 4) is 11.1 Å². The Balaban J connectivity index is 1.08. The van der Waals surface area contributed by atoms with Crippen molar-refractivity contribution < 1.29 is 24.2 Å². The molecule has 5 rings (SSSR count). The molecule has 3 aliphatic carbocycles. The van der Waals surface area contributed by atoms with E-state index in [1.54, 1.807) is 11.9 Å². The molecule has 0 saturated heterocycles. The Bertz CT molecular complexity index is 1050. The molecule has 33 heavy (non-hydrogen) atoms. The fourth-order valence-electron chi connectivity index (χ4n) is 5.19. The maximum atomic E-state index is 12.6. The molecule has 2 amide bonds. The fraction of sp³-hybridized carbons (Fsp3) is 0.423. The van der Waals surface area contributed by atoms with Gasteiger partial charge in [-0.2, -0.15) is 0 Å². The van der Waals surface area contributed by atoms with Crippen LogP contribution in [0.25, 0.3) is 11.1 Å². The molecule has 2 atom stereocenters. The number of benzene rings is 2. The number of amides is 2. The van der Waals surface area contributed by atoms with Gasteiger partial charge in [0.05, 0.1) is 5.92 Å². The highest BCUT2D eigenvalue weighted by molar-refractivity contribution is 5.82. The number of aliphatic carboxylic acids is 1. The number of ether oxygens (including phenoxy) is 1. The lowest BCUT2D eigenvalue weighted by Crippen LogP contribution is -2.48. The van der Waals surface area contributed by atoms with E-state index < -0.39 is 12.1 Å². The monoisotopic (exact) mass is 448 g/mol. The number of alkyl carbamates (subject to hydrolysis) is 1. The lowest BCUT2D eigenvalue weighted by atomic mass is 9.79. The van der Waals surface area contributed by atoms with Gasteiger partial charge in [-0.15, -0.1) is 0 Å². The number of carboxylic acids is 1. The van der Waals surface area contributed by atoms with E-state index in [1.165, 1.54) is 22.3 Å². The standard InChI is InChI=1S/C26H28N2O5/c1-28(17-10-15(11-17)25(30)31)24(29)22-12-16(22)13-27-26(32)33-14-23-20-8-4-2-6-18(20)19-7-3-5-9-21(19)23/h2-9,15-17,22-23H,10-14H2,1H3,(H,27,32)(H,30,31). The van der Waals surface area contributed by atoms with E-state index in [2.05, 4.69) is 29.6 Å². The van der Waals surface area contributed by atoms with Crippen LogP contribution in [0.2, 0.25) is 0 Å². The first-order chi connectivity index (χ1) is 15.9. The molecular weight excluding hydrogens is 420 g/mol. The first kappa shape index (κ1) is 21.5. The highest BCUT2D eigenvalue weighted by Gasteiger charge is 2.47. The van der Waals surface area contributed by atoms with Crippen LogP contribution >= 0.6 is 0 Å². The molecule has 3 aliphatic rings. The van der Waals surface area contributed by atoms with Crippen LogP contribution in [-0.4, -0.2) is 54.2 Å². The number of carboxylic acid groups (broad SMARTS) is 1. The molecule has 2 aromatic rings. The minimum atomic E-state index is -0.788. The van der Waals surface area contributed by atoms with Gasteiger partial charge in [0, 0.05) is 31.5 Å². The Morgan fingerprint density at radius 2 is 1.61 bits per heavy atom. The Hall–Kier alpha value is -3.35. The van der Waals surface area contributed by atoms with Crippen molar-refractivity contribution in [1.82, 2.24) is 10.2 Å². The molecule has 2 unspecified atom stereocenters. The van der Waals surface area contributed by atoms with Gasteiger partial charge in [-0.3, -0.25) is 9.59 Å². The maximum absolute atomic E-state index is 12.6. The van der Waals surface area contributed by atoms with Crippen LogP contribution in [0.15, 0.2) is 48.5 Å².